The lowest BCUT2D eigenvalue weighted by atomic mass is 10.1. The fraction of sp³-hybridized carbons (Fsp3) is 0.278. The molecule has 3 N–H and O–H groups in total. The van der Waals surface area contributed by atoms with Crippen molar-refractivity contribution in [3.05, 3.63) is 59.0 Å². The minimum Gasteiger partial charge on any atom is -0.365 e. The third-order valence-electron chi connectivity index (χ3n) is 3.98. The molecule has 0 aliphatic heterocycles. The molecular formula is C18H21N3O. The Morgan fingerprint density at radius 1 is 1.23 bits per heavy atom. The third kappa shape index (κ3) is 3.06. The minimum absolute atomic E-state index is 0.0662. The van der Waals surface area contributed by atoms with E-state index in [0.29, 0.717) is 13.0 Å². The van der Waals surface area contributed by atoms with Gasteiger partial charge in [-0.3, -0.25) is 4.79 Å². The van der Waals surface area contributed by atoms with E-state index in [2.05, 4.69) is 34.3 Å². The van der Waals surface area contributed by atoms with Crippen molar-refractivity contribution in [3.8, 4) is 0 Å². The molecule has 4 heteroatoms. The number of aryl methyl sites for hydroxylation is 2. The van der Waals surface area contributed by atoms with E-state index in [9.17, 15) is 4.79 Å². The van der Waals surface area contributed by atoms with E-state index in [1.165, 1.54) is 16.6 Å². The van der Waals surface area contributed by atoms with Gasteiger partial charge in [0.25, 0.3) is 0 Å². The van der Waals surface area contributed by atoms with Crippen LogP contribution in [-0.4, -0.2) is 22.4 Å². The Morgan fingerprint density at radius 2 is 2.05 bits per heavy atom. The molecular weight excluding hydrogens is 274 g/mol. The highest BCUT2D eigenvalue weighted by Gasteiger charge is 2.09. The lowest BCUT2D eigenvalue weighted by Gasteiger charge is -2.05. The lowest BCUT2D eigenvalue weighted by molar-refractivity contribution is -0.120. The van der Waals surface area contributed by atoms with E-state index in [-0.39, 0.29) is 5.91 Å². The van der Waals surface area contributed by atoms with Crippen molar-refractivity contribution in [3.63, 3.8) is 0 Å². The van der Waals surface area contributed by atoms with Crippen LogP contribution in [0.25, 0.3) is 10.9 Å². The molecule has 0 aliphatic carbocycles. The first-order chi connectivity index (χ1) is 10.6. The summed E-state index contributed by atoms with van der Waals surface area (Å²) >= 11 is 0. The van der Waals surface area contributed by atoms with Crippen molar-refractivity contribution in [2.45, 2.75) is 26.7 Å². The number of rotatable bonds is 5. The summed E-state index contributed by atoms with van der Waals surface area (Å²) in [4.78, 5) is 18.5. The van der Waals surface area contributed by atoms with Gasteiger partial charge in [-0.25, -0.2) is 0 Å². The molecule has 2 heterocycles. The average molecular weight is 295 g/mol. The molecule has 0 aliphatic rings. The summed E-state index contributed by atoms with van der Waals surface area (Å²) in [5.41, 5.74) is 5.73. The number of fused-ring (bicyclic) bond motifs is 1. The number of nitrogens with one attached hydrogen (secondary N) is 3. The number of carbonyl (C=O) groups excluding carboxylic acids is 1. The van der Waals surface area contributed by atoms with Gasteiger partial charge in [-0.2, -0.15) is 0 Å². The van der Waals surface area contributed by atoms with Crippen LogP contribution in [-0.2, 0) is 17.6 Å². The normalized spacial score (nSPS) is 11.0. The molecule has 3 rings (SSSR count). The van der Waals surface area contributed by atoms with Crippen LogP contribution in [0.15, 0.2) is 36.5 Å². The van der Waals surface area contributed by atoms with E-state index in [4.69, 9.17) is 0 Å². The molecule has 3 aromatic rings. The highest BCUT2D eigenvalue weighted by molar-refractivity contribution is 5.84. The Bertz CT molecular complexity index is 798. The number of para-hydroxylation sites is 1. The largest absolute Gasteiger partial charge is 0.365 e. The van der Waals surface area contributed by atoms with Crippen molar-refractivity contribution in [1.82, 2.24) is 15.3 Å². The first-order valence-corrected chi connectivity index (χ1v) is 7.60. The maximum absolute atomic E-state index is 12.0. The summed E-state index contributed by atoms with van der Waals surface area (Å²) in [6.45, 7) is 4.73. The average Bonchev–Trinajstić information content (AvgIpc) is 3.03. The van der Waals surface area contributed by atoms with Crippen LogP contribution < -0.4 is 5.32 Å². The first-order valence-electron chi connectivity index (χ1n) is 7.60. The summed E-state index contributed by atoms with van der Waals surface area (Å²) in [6.07, 6.45) is 3.16. The van der Waals surface area contributed by atoms with Crippen molar-refractivity contribution in [2.24, 2.45) is 0 Å². The zero-order valence-corrected chi connectivity index (χ0v) is 13.0. The third-order valence-corrected chi connectivity index (χ3v) is 3.98. The number of aromatic nitrogens is 2. The van der Waals surface area contributed by atoms with Crippen molar-refractivity contribution in [1.29, 1.82) is 0 Å². The maximum atomic E-state index is 12.0. The Morgan fingerprint density at radius 3 is 2.82 bits per heavy atom. The molecule has 0 radical (unpaired) electrons. The van der Waals surface area contributed by atoms with E-state index in [0.717, 1.165) is 23.2 Å². The molecule has 0 atom stereocenters. The molecule has 4 nitrogen and oxygen atoms in total. The number of benzene rings is 1. The summed E-state index contributed by atoms with van der Waals surface area (Å²) in [5.74, 6) is 0.0662. The molecule has 1 aromatic carbocycles. The molecule has 0 spiro atoms. The van der Waals surface area contributed by atoms with Gasteiger partial charge in [-0.15, -0.1) is 0 Å². The Balaban J connectivity index is 1.58. The highest BCUT2D eigenvalue weighted by Crippen LogP contribution is 2.21. The van der Waals surface area contributed by atoms with Gasteiger partial charge in [0.1, 0.15) is 0 Å². The molecule has 1 amide bonds. The second-order valence-corrected chi connectivity index (χ2v) is 5.74. The number of aromatic amines is 2. The number of H-pyrrole nitrogens is 2. The van der Waals surface area contributed by atoms with Crippen LogP contribution >= 0.6 is 0 Å². The lowest BCUT2D eigenvalue weighted by Crippen LogP contribution is -2.27. The molecule has 0 fully saturated rings. The van der Waals surface area contributed by atoms with Crippen LogP contribution in [0.5, 0.6) is 0 Å². The Hall–Kier alpha value is -2.49. The molecule has 22 heavy (non-hydrogen) atoms. The number of amides is 1. The molecule has 0 saturated carbocycles. The van der Waals surface area contributed by atoms with Gasteiger partial charge in [0.15, 0.2) is 0 Å². The minimum atomic E-state index is 0.0662. The summed E-state index contributed by atoms with van der Waals surface area (Å²) in [7, 11) is 0. The van der Waals surface area contributed by atoms with Gasteiger partial charge in [0.2, 0.25) is 5.91 Å². The summed E-state index contributed by atoms with van der Waals surface area (Å²) in [6, 6.07) is 10.3. The van der Waals surface area contributed by atoms with Crippen molar-refractivity contribution in [2.75, 3.05) is 6.54 Å². The topological polar surface area (TPSA) is 60.7 Å². The number of hydrogen-bond acceptors (Lipinski definition) is 1. The molecule has 2 aromatic heterocycles. The van der Waals surface area contributed by atoms with Crippen LogP contribution in [0.1, 0.15) is 22.5 Å². The molecule has 0 bridgehead atoms. The van der Waals surface area contributed by atoms with Gasteiger partial charge in [0.05, 0.1) is 6.42 Å². The van der Waals surface area contributed by atoms with Gasteiger partial charge in [0, 0.05) is 35.0 Å². The van der Waals surface area contributed by atoms with Gasteiger partial charge in [-0.05, 0) is 43.5 Å². The Labute approximate surface area is 129 Å². The SMILES string of the molecule is Cc1cc(CC(=O)NCCc2c(C)[nH]c3ccccc23)c[nH]1. The van der Waals surface area contributed by atoms with Crippen LogP contribution in [0.4, 0.5) is 0 Å². The van der Waals surface area contributed by atoms with Crippen molar-refractivity contribution >= 4 is 16.8 Å². The van der Waals surface area contributed by atoms with E-state index >= 15 is 0 Å². The summed E-state index contributed by atoms with van der Waals surface area (Å²) in [5, 5.41) is 4.25. The second kappa shape index (κ2) is 6.10. The predicted molar refractivity (Wildman–Crippen MR) is 89.0 cm³/mol. The van der Waals surface area contributed by atoms with Crippen LogP contribution in [0.3, 0.4) is 0 Å². The van der Waals surface area contributed by atoms with E-state index < -0.39 is 0 Å². The number of hydrogen-bond donors (Lipinski definition) is 3. The zero-order valence-electron chi connectivity index (χ0n) is 13.0. The molecule has 0 unspecified atom stereocenters. The van der Waals surface area contributed by atoms with Gasteiger partial charge in [-0.1, -0.05) is 18.2 Å². The fourth-order valence-electron chi connectivity index (χ4n) is 2.90. The maximum Gasteiger partial charge on any atom is 0.224 e. The summed E-state index contributed by atoms with van der Waals surface area (Å²) < 4.78 is 0. The van der Waals surface area contributed by atoms with Gasteiger partial charge >= 0.3 is 0 Å². The fourth-order valence-corrected chi connectivity index (χ4v) is 2.90. The molecule has 0 saturated heterocycles. The monoisotopic (exact) mass is 295 g/mol. The second-order valence-electron chi connectivity index (χ2n) is 5.74. The van der Waals surface area contributed by atoms with Crippen LogP contribution in [0, 0.1) is 13.8 Å². The van der Waals surface area contributed by atoms with Crippen LogP contribution in [0.2, 0.25) is 0 Å². The predicted octanol–water partition coefficient (Wildman–Crippen LogP) is 3.01. The Kier molecular flexibility index (Phi) is 4.00. The smallest absolute Gasteiger partial charge is 0.224 e. The molecule has 114 valence electrons. The first kappa shape index (κ1) is 14.4. The van der Waals surface area contributed by atoms with E-state index in [1.54, 1.807) is 0 Å². The number of carbonyl (C=O) groups is 1. The highest BCUT2D eigenvalue weighted by atomic mass is 16.1. The zero-order chi connectivity index (χ0) is 15.5. The quantitative estimate of drug-likeness (QED) is 0.666. The van der Waals surface area contributed by atoms with E-state index in [1.807, 2.05) is 31.3 Å². The van der Waals surface area contributed by atoms with Crippen molar-refractivity contribution < 1.29 is 4.79 Å². The van der Waals surface area contributed by atoms with Gasteiger partial charge < -0.3 is 15.3 Å². The standard InChI is InChI=1S/C18H21N3O/c1-12-9-14(11-20-12)10-18(22)19-8-7-15-13(2)21-17-6-4-3-5-16(15)17/h3-6,9,11,20-21H,7-8,10H2,1-2H3,(H,19,22).